The Balaban J connectivity index is 1.24. The van der Waals surface area contributed by atoms with E-state index in [1.54, 1.807) is 17.1 Å². The highest BCUT2D eigenvalue weighted by Gasteiger charge is 2.63. The largest absolute Gasteiger partial charge is 0.332 e. The van der Waals surface area contributed by atoms with E-state index in [-0.39, 0.29) is 11.5 Å². The first-order chi connectivity index (χ1) is 13.6. The maximum Gasteiger partial charge on any atom is 0.229 e. The molecule has 7 nitrogen and oxygen atoms in total. The van der Waals surface area contributed by atoms with Gasteiger partial charge in [-0.1, -0.05) is 6.08 Å². The topological polar surface area (TPSA) is 75.9 Å². The van der Waals surface area contributed by atoms with Crippen molar-refractivity contribution >= 4 is 23.1 Å². The zero-order valence-electron chi connectivity index (χ0n) is 16.0. The van der Waals surface area contributed by atoms with E-state index in [0.29, 0.717) is 17.9 Å². The van der Waals surface area contributed by atoms with Gasteiger partial charge in [0, 0.05) is 25.5 Å². The van der Waals surface area contributed by atoms with Crippen LogP contribution in [0, 0.1) is 11.3 Å². The highest BCUT2D eigenvalue weighted by atomic mass is 16.2. The molecule has 5 aliphatic rings. The molecule has 1 saturated heterocycles. The fraction of sp³-hybridized carbons (Fsp3) is 0.524. The lowest BCUT2D eigenvalue weighted by molar-refractivity contribution is -0.179. The summed E-state index contributed by atoms with van der Waals surface area (Å²) in [5.41, 5.74) is 3.08. The number of nitrogens with zero attached hydrogens (tertiary/aromatic N) is 5. The average Bonchev–Trinajstić information content (AvgIpc) is 3.12. The van der Waals surface area contributed by atoms with Crippen LogP contribution in [-0.2, 0) is 11.8 Å². The van der Waals surface area contributed by atoms with Gasteiger partial charge in [-0.25, -0.2) is 9.97 Å². The lowest BCUT2D eigenvalue weighted by Gasteiger charge is -2.62. The van der Waals surface area contributed by atoms with Crippen molar-refractivity contribution in [3.05, 3.63) is 36.4 Å². The predicted octanol–water partition coefficient (Wildman–Crippen LogP) is 2.90. The molecule has 144 valence electrons. The van der Waals surface area contributed by atoms with Gasteiger partial charge in [0.1, 0.15) is 0 Å². The normalized spacial score (nSPS) is 32.4. The Morgan fingerprint density at radius 1 is 1.29 bits per heavy atom. The number of aromatic nitrogens is 4. The number of aryl methyl sites for hydroxylation is 1. The third-order valence-corrected chi connectivity index (χ3v) is 7.07. The molecule has 1 N–H and O–H groups in total. The molecule has 2 atom stereocenters. The van der Waals surface area contributed by atoms with Crippen LogP contribution in [0.25, 0.3) is 5.57 Å². The van der Waals surface area contributed by atoms with Gasteiger partial charge in [-0.05, 0) is 56.1 Å². The highest BCUT2D eigenvalue weighted by Crippen LogP contribution is 2.65. The molecule has 4 fully saturated rings. The second-order valence-corrected chi connectivity index (χ2v) is 8.96. The standard InChI is InChI=1S/C21H24N6O/c1-26-12-15(11-23-26)24-20-22-5-4-18(25-20)14-6-16-2-3-17(7-14)27(16)19(28)21-8-13(9-21)10-21/h4-6,11-13,16-17H,2-3,7-10H2,1H3,(H,22,24,25). The van der Waals surface area contributed by atoms with E-state index in [1.165, 1.54) is 5.57 Å². The average molecular weight is 376 g/mol. The van der Waals surface area contributed by atoms with Crippen LogP contribution in [0.15, 0.2) is 30.7 Å². The minimum atomic E-state index is 0.0204. The maximum atomic E-state index is 13.2. The van der Waals surface area contributed by atoms with Gasteiger partial charge in [-0.15, -0.1) is 0 Å². The van der Waals surface area contributed by atoms with Gasteiger partial charge in [-0.3, -0.25) is 9.48 Å². The number of carbonyl (C=O) groups is 1. The van der Waals surface area contributed by atoms with E-state index >= 15 is 0 Å². The number of anilines is 2. The molecule has 7 rings (SSSR count). The number of nitrogens with one attached hydrogen (secondary N) is 1. The molecule has 4 heterocycles. The number of hydrogen-bond donors (Lipinski definition) is 1. The lowest BCUT2D eigenvalue weighted by Crippen LogP contribution is -2.63. The van der Waals surface area contributed by atoms with Crippen LogP contribution in [-0.4, -0.2) is 42.6 Å². The van der Waals surface area contributed by atoms with E-state index in [4.69, 9.17) is 4.98 Å². The minimum Gasteiger partial charge on any atom is -0.332 e. The Hall–Kier alpha value is -2.70. The van der Waals surface area contributed by atoms with E-state index in [2.05, 4.69) is 26.4 Å². The fourth-order valence-corrected chi connectivity index (χ4v) is 5.56. The van der Waals surface area contributed by atoms with Crippen LogP contribution in [0.4, 0.5) is 11.6 Å². The number of hydrogen-bond acceptors (Lipinski definition) is 5. The minimum absolute atomic E-state index is 0.0204. The molecule has 1 amide bonds. The molecule has 2 aromatic rings. The Bertz CT molecular complexity index is 977. The van der Waals surface area contributed by atoms with E-state index in [9.17, 15) is 4.79 Å². The van der Waals surface area contributed by atoms with Crippen molar-refractivity contribution in [2.75, 3.05) is 5.32 Å². The molecule has 3 aliphatic carbocycles. The Kier molecular flexibility index (Phi) is 3.29. The van der Waals surface area contributed by atoms with E-state index in [0.717, 1.165) is 55.8 Å². The van der Waals surface area contributed by atoms with Crippen molar-refractivity contribution < 1.29 is 4.79 Å². The van der Waals surface area contributed by atoms with Gasteiger partial charge in [-0.2, -0.15) is 5.10 Å². The molecule has 2 aliphatic heterocycles. The number of amides is 1. The van der Waals surface area contributed by atoms with Crippen molar-refractivity contribution in [3.63, 3.8) is 0 Å². The Labute approximate surface area is 163 Å². The van der Waals surface area contributed by atoms with Gasteiger partial charge in [0.05, 0.1) is 29.0 Å². The van der Waals surface area contributed by atoms with Crippen LogP contribution in [0.2, 0.25) is 0 Å². The van der Waals surface area contributed by atoms with Gasteiger partial charge in [0.2, 0.25) is 11.9 Å². The molecular formula is C21H24N6O. The zero-order chi connectivity index (χ0) is 18.9. The van der Waals surface area contributed by atoms with Crippen LogP contribution in [0.5, 0.6) is 0 Å². The smallest absolute Gasteiger partial charge is 0.229 e. The molecule has 7 heteroatoms. The third kappa shape index (κ3) is 2.34. The monoisotopic (exact) mass is 376 g/mol. The summed E-state index contributed by atoms with van der Waals surface area (Å²) in [6.07, 6.45) is 14.2. The second-order valence-electron chi connectivity index (χ2n) is 8.96. The Morgan fingerprint density at radius 3 is 2.82 bits per heavy atom. The second kappa shape index (κ2) is 5.65. The van der Waals surface area contributed by atoms with Crippen LogP contribution in [0.1, 0.15) is 44.2 Å². The number of carbonyl (C=O) groups excluding carboxylic acids is 1. The van der Waals surface area contributed by atoms with Gasteiger partial charge in [0.15, 0.2) is 0 Å². The molecular weight excluding hydrogens is 352 g/mol. The number of fused-ring (bicyclic) bond motifs is 2. The van der Waals surface area contributed by atoms with Gasteiger partial charge < -0.3 is 10.2 Å². The van der Waals surface area contributed by atoms with Crippen molar-refractivity contribution in [2.45, 2.75) is 50.6 Å². The Morgan fingerprint density at radius 2 is 2.14 bits per heavy atom. The molecule has 3 saturated carbocycles. The summed E-state index contributed by atoms with van der Waals surface area (Å²) < 4.78 is 1.74. The first-order valence-electron chi connectivity index (χ1n) is 10.2. The summed E-state index contributed by atoms with van der Waals surface area (Å²) in [6, 6.07) is 2.54. The van der Waals surface area contributed by atoms with Gasteiger partial charge >= 0.3 is 0 Å². The van der Waals surface area contributed by atoms with Crippen molar-refractivity contribution in [1.29, 1.82) is 0 Å². The van der Waals surface area contributed by atoms with Gasteiger partial charge in [0.25, 0.3) is 0 Å². The highest BCUT2D eigenvalue weighted by molar-refractivity contribution is 5.88. The fourth-order valence-electron chi connectivity index (χ4n) is 5.56. The molecule has 2 unspecified atom stereocenters. The maximum absolute atomic E-state index is 13.2. The molecule has 0 radical (unpaired) electrons. The summed E-state index contributed by atoms with van der Waals surface area (Å²) in [5.74, 6) is 1.84. The summed E-state index contributed by atoms with van der Waals surface area (Å²) in [7, 11) is 1.88. The lowest BCUT2D eigenvalue weighted by atomic mass is 9.44. The molecule has 2 aromatic heterocycles. The van der Waals surface area contributed by atoms with Crippen molar-refractivity contribution in [1.82, 2.24) is 24.6 Å². The summed E-state index contributed by atoms with van der Waals surface area (Å²) >= 11 is 0. The van der Waals surface area contributed by atoms with Crippen LogP contribution in [0.3, 0.4) is 0 Å². The first-order valence-corrected chi connectivity index (χ1v) is 10.2. The third-order valence-electron chi connectivity index (χ3n) is 7.07. The zero-order valence-corrected chi connectivity index (χ0v) is 16.0. The summed E-state index contributed by atoms with van der Waals surface area (Å²) in [4.78, 5) is 24.4. The molecule has 0 spiro atoms. The quantitative estimate of drug-likeness (QED) is 0.888. The van der Waals surface area contributed by atoms with Crippen molar-refractivity contribution in [3.8, 4) is 0 Å². The summed E-state index contributed by atoms with van der Waals surface area (Å²) in [5, 5.41) is 7.37. The van der Waals surface area contributed by atoms with Crippen LogP contribution >= 0.6 is 0 Å². The first kappa shape index (κ1) is 16.3. The molecule has 0 aromatic carbocycles. The SMILES string of the molecule is Cn1cc(Nc2nccc(C3=CC4CCC(C3)N4C(=O)C34CC(C3)C4)n2)cn1. The van der Waals surface area contributed by atoms with E-state index < -0.39 is 0 Å². The summed E-state index contributed by atoms with van der Waals surface area (Å²) in [6.45, 7) is 0. The predicted molar refractivity (Wildman–Crippen MR) is 105 cm³/mol. The molecule has 4 bridgehead atoms. The molecule has 28 heavy (non-hydrogen) atoms. The number of rotatable bonds is 4. The van der Waals surface area contributed by atoms with Crippen LogP contribution < -0.4 is 5.32 Å². The van der Waals surface area contributed by atoms with E-state index in [1.807, 2.05) is 19.3 Å². The van der Waals surface area contributed by atoms with Crippen molar-refractivity contribution in [2.24, 2.45) is 18.4 Å².